The van der Waals surface area contributed by atoms with Crippen molar-refractivity contribution in [2.75, 3.05) is 0 Å². The normalized spacial score (nSPS) is 18.1. The van der Waals surface area contributed by atoms with Crippen molar-refractivity contribution in [2.24, 2.45) is 0 Å². The first-order valence-electron chi connectivity index (χ1n) is 12.6. The zero-order valence-electron chi connectivity index (χ0n) is 21.6. The zero-order valence-corrected chi connectivity index (χ0v) is 21.6. The van der Waals surface area contributed by atoms with Gasteiger partial charge in [0, 0.05) is 12.0 Å². The Morgan fingerprint density at radius 2 is 1.77 bits per heavy atom. The van der Waals surface area contributed by atoms with E-state index in [0.29, 0.717) is 22.4 Å². The second kappa shape index (κ2) is 9.20. The zero-order chi connectivity index (χ0) is 27.3. The summed E-state index contributed by atoms with van der Waals surface area (Å²) in [5.74, 6) is -0.0296. The number of rotatable bonds is 6. The molecule has 8 nitrogen and oxygen atoms in total. The first-order chi connectivity index (χ1) is 18.8. The Bertz CT molecular complexity index is 1690. The first kappa shape index (κ1) is 24.5. The Hall–Kier alpha value is -4.79. The Balaban J connectivity index is 1.45. The molecule has 1 saturated heterocycles. The highest BCUT2D eigenvalue weighted by atomic mass is 19.1. The van der Waals surface area contributed by atoms with Crippen molar-refractivity contribution < 1.29 is 23.2 Å². The molecular weight excluding hydrogens is 499 g/mol. The van der Waals surface area contributed by atoms with E-state index in [0.717, 1.165) is 27.3 Å². The lowest BCUT2D eigenvalue weighted by molar-refractivity contribution is -0.139. The summed E-state index contributed by atoms with van der Waals surface area (Å²) in [6.07, 6.45) is -0.702. The van der Waals surface area contributed by atoms with Crippen LogP contribution in [0, 0.1) is 19.7 Å². The molecule has 0 radical (unpaired) electrons. The molecule has 1 N–H and O–H groups in total. The molecule has 1 aliphatic heterocycles. The number of hydrogen-bond acceptors (Lipinski definition) is 6. The van der Waals surface area contributed by atoms with Gasteiger partial charge >= 0.3 is 6.09 Å². The van der Waals surface area contributed by atoms with E-state index in [1.54, 1.807) is 19.1 Å². The molecule has 39 heavy (non-hydrogen) atoms. The lowest BCUT2D eigenvalue weighted by Crippen LogP contribution is -2.42. The number of imidazole rings is 1. The van der Waals surface area contributed by atoms with Gasteiger partial charge in [0.1, 0.15) is 11.6 Å². The molecule has 9 heteroatoms. The van der Waals surface area contributed by atoms with Gasteiger partial charge in [0.05, 0.1) is 22.8 Å². The predicted octanol–water partition coefficient (Wildman–Crippen LogP) is 6.15. The molecule has 0 bridgehead atoms. The summed E-state index contributed by atoms with van der Waals surface area (Å²) in [7, 11) is 0. The van der Waals surface area contributed by atoms with Gasteiger partial charge in [-0.25, -0.2) is 19.1 Å². The molecule has 1 fully saturated rings. The van der Waals surface area contributed by atoms with Crippen LogP contribution in [0.2, 0.25) is 0 Å². The third-order valence-corrected chi connectivity index (χ3v) is 7.24. The number of nitrogens with one attached hydrogen (secondary N) is 1. The smallest absolute Gasteiger partial charge is 0.418 e. The van der Waals surface area contributed by atoms with Crippen LogP contribution in [0.3, 0.4) is 0 Å². The Morgan fingerprint density at radius 3 is 2.46 bits per heavy atom. The number of aryl methyl sites for hydroxylation is 2. The summed E-state index contributed by atoms with van der Waals surface area (Å²) in [6.45, 7) is 5.43. The largest absolute Gasteiger partial charge is 0.424 e. The summed E-state index contributed by atoms with van der Waals surface area (Å²) in [5, 5.41) is 4.04. The molecule has 3 aromatic carbocycles. The minimum atomic E-state index is -1.71. The number of aromatic nitrogens is 3. The average Bonchev–Trinajstić information content (AvgIpc) is 3.58. The summed E-state index contributed by atoms with van der Waals surface area (Å²) in [6, 6.07) is 20.0. The van der Waals surface area contributed by atoms with Crippen LogP contribution in [0.4, 0.5) is 9.18 Å². The van der Waals surface area contributed by atoms with Crippen molar-refractivity contribution in [3.05, 3.63) is 107 Å². The first-order valence-corrected chi connectivity index (χ1v) is 12.6. The van der Waals surface area contributed by atoms with Crippen molar-refractivity contribution in [2.45, 2.75) is 38.8 Å². The monoisotopic (exact) mass is 524 g/mol. The molecular formula is C30H25FN4O4. The van der Waals surface area contributed by atoms with Gasteiger partial charge < -0.3 is 14.2 Å². The minimum Gasteiger partial charge on any atom is -0.424 e. The van der Waals surface area contributed by atoms with Crippen LogP contribution < -0.4 is 0 Å². The number of carbonyl (C=O) groups excluding carboxylic acids is 2. The van der Waals surface area contributed by atoms with Crippen molar-refractivity contribution in [3.63, 3.8) is 0 Å². The predicted molar refractivity (Wildman–Crippen MR) is 141 cm³/mol. The molecule has 6 rings (SSSR count). The number of hydrogen-bond donors (Lipinski definition) is 1. The lowest BCUT2D eigenvalue weighted by atomic mass is 9.92. The number of carbonyl (C=O) groups is 2. The highest BCUT2D eigenvalue weighted by molar-refractivity contribution is 6.04. The van der Waals surface area contributed by atoms with Crippen LogP contribution in [0.5, 0.6) is 0 Å². The van der Waals surface area contributed by atoms with E-state index in [9.17, 15) is 14.0 Å². The minimum absolute atomic E-state index is 0.0849. The van der Waals surface area contributed by atoms with Gasteiger partial charge in [-0.05, 0) is 61.7 Å². The Morgan fingerprint density at radius 1 is 1.03 bits per heavy atom. The topological polar surface area (TPSA) is 101 Å². The third-order valence-electron chi connectivity index (χ3n) is 7.24. The lowest BCUT2D eigenvalue weighted by Gasteiger charge is -2.25. The fraction of sp³-hybridized carbons (Fsp3) is 0.200. The van der Waals surface area contributed by atoms with Crippen LogP contribution in [0.25, 0.3) is 22.2 Å². The molecule has 5 aromatic rings. The van der Waals surface area contributed by atoms with E-state index in [1.807, 2.05) is 62.4 Å². The summed E-state index contributed by atoms with van der Waals surface area (Å²) in [5.41, 5.74) is 3.50. The number of nitrogens with zero attached hydrogens (tertiary/aromatic N) is 3. The molecule has 2 atom stereocenters. The van der Waals surface area contributed by atoms with Crippen LogP contribution in [-0.2, 0) is 21.6 Å². The van der Waals surface area contributed by atoms with Crippen LogP contribution in [0.15, 0.2) is 77.3 Å². The van der Waals surface area contributed by atoms with Crippen LogP contribution in [-0.4, -0.2) is 32.0 Å². The average molecular weight is 525 g/mol. The van der Waals surface area contributed by atoms with E-state index in [-0.39, 0.29) is 12.2 Å². The van der Waals surface area contributed by atoms with Crippen molar-refractivity contribution in [3.8, 4) is 11.1 Å². The van der Waals surface area contributed by atoms with Gasteiger partial charge in [-0.15, -0.1) is 0 Å². The van der Waals surface area contributed by atoms with Crippen molar-refractivity contribution >= 4 is 23.0 Å². The molecule has 2 amide bonds. The van der Waals surface area contributed by atoms with E-state index >= 15 is 0 Å². The quantitative estimate of drug-likeness (QED) is 0.286. The van der Waals surface area contributed by atoms with Crippen LogP contribution in [0.1, 0.15) is 41.4 Å². The molecule has 196 valence electrons. The number of aromatic amines is 1. The number of benzene rings is 3. The van der Waals surface area contributed by atoms with Gasteiger partial charge in [-0.1, -0.05) is 53.7 Å². The highest BCUT2D eigenvalue weighted by Crippen LogP contribution is 2.41. The summed E-state index contributed by atoms with van der Waals surface area (Å²) in [4.78, 5) is 36.5. The Kier molecular flexibility index (Phi) is 5.79. The van der Waals surface area contributed by atoms with E-state index in [2.05, 4.69) is 10.1 Å². The van der Waals surface area contributed by atoms with E-state index in [4.69, 9.17) is 14.2 Å². The second-order valence-corrected chi connectivity index (χ2v) is 9.78. The van der Waals surface area contributed by atoms with Gasteiger partial charge in [0.2, 0.25) is 0 Å². The number of ether oxygens (including phenoxy) is 1. The molecule has 0 saturated carbocycles. The van der Waals surface area contributed by atoms with Crippen molar-refractivity contribution in [1.82, 2.24) is 20.0 Å². The van der Waals surface area contributed by atoms with E-state index < -0.39 is 29.5 Å². The number of imide groups is 1. The molecule has 2 aromatic heterocycles. The second-order valence-electron chi connectivity index (χ2n) is 9.78. The SMILES string of the molecule is Cc1noc(C)c1-c1ccc2nc(C3(Cc4ccccc4)OC(=O)N(C(C)c4ccc(F)cc4)C3=O)[nH]c2c1. The fourth-order valence-corrected chi connectivity index (χ4v) is 5.22. The number of fused-ring (bicyclic) bond motifs is 1. The number of amides is 2. The molecule has 0 aliphatic carbocycles. The molecule has 3 heterocycles. The Labute approximate surface area is 223 Å². The van der Waals surface area contributed by atoms with Crippen molar-refractivity contribution in [1.29, 1.82) is 0 Å². The summed E-state index contributed by atoms with van der Waals surface area (Å²) >= 11 is 0. The number of cyclic esters (lactones) is 1. The maximum Gasteiger partial charge on any atom is 0.418 e. The van der Waals surface area contributed by atoms with Gasteiger partial charge in [-0.3, -0.25) is 4.79 Å². The standard InChI is InChI=1S/C30H25FN4O4/c1-17-26(19(3)39-34-17)22-11-14-24-25(15-22)33-27(32-24)30(16-20-7-5-4-6-8-20)28(36)35(29(37)38-30)18(2)21-9-12-23(31)13-10-21/h4-15,18H,16H2,1-3H3,(H,32,33). The van der Waals surface area contributed by atoms with Gasteiger partial charge in [-0.2, -0.15) is 0 Å². The fourth-order valence-electron chi connectivity index (χ4n) is 5.22. The number of halogens is 1. The summed E-state index contributed by atoms with van der Waals surface area (Å²) < 4.78 is 24.8. The third kappa shape index (κ3) is 4.06. The highest BCUT2D eigenvalue weighted by Gasteiger charge is 2.58. The maximum absolute atomic E-state index is 14.2. The van der Waals surface area contributed by atoms with Crippen LogP contribution >= 0.6 is 0 Å². The van der Waals surface area contributed by atoms with Gasteiger partial charge in [0.25, 0.3) is 11.5 Å². The van der Waals surface area contributed by atoms with E-state index in [1.165, 1.54) is 12.1 Å². The molecule has 2 unspecified atom stereocenters. The maximum atomic E-state index is 14.2. The van der Waals surface area contributed by atoms with Gasteiger partial charge in [0.15, 0.2) is 5.82 Å². The molecule has 0 spiro atoms. The number of H-pyrrole nitrogens is 1. The molecule has 1 aliphatic rings.